The normalized spacial score (nSPS) is 14.5. The number of halogens is 1. The molecule has 5 nitrogen and oxygen atoms in total. The van der Waals surface area contributed by atoms with E-state index in [2.05, 4.69) is 22.5 Å². The summed E-state index contributed by atoms with van der Waals surface area (Å²) in [5.74, 6) is 0.879. The van der Waals surface area contributed by atoms with Crippen molar-refractivity contribution in [1.29, 1.82) is 0 Å². The van der Waals surface area contributed by atoms with Gasteiger partial charge in [-0.2, -0.15) is 0 Å². The van der Waals surface area contributed by atoms with Crippen molar-refractivity contribution < 1.29 is 19.1 Å². The van der Waals surface area contributed by atoms with Gasteiger partial charge in [-0.25, -0.2) is 0 Å². The number of carbonyl (C=O) groups is 2. The number of ether oxygens (including phenoxy) is 2. The molecule has 7 heteroatoms. The lowest BCUT2D eigenvalue weighted by Gasteiger charge is -2.16. The predicted molar refractivity (Wildman–Crippen MR) is 143 cm³/mol. The number of benzene rings is 3. The average molecular weight is 550 g/mol. The Hall–Kier alpha value is -3.29. The first kappa shape index (κ1) is 24.8. The van der Waals surface area contributed by atoms with Gasteiger partial charge in [0.25, 0.3) is 11.1 Å². The smallest absolute Gasteiger partial charge is 0.293 e. The van der Waals surface area contributed by atoms with Gasteiger partial charge < -0.3 is 9.47 Å². The van der Waals surface area contributed by atoms with E-state index in [-0.39, 0.29) is 17.7 Å². The van der Waals surface area contributed by atoms with Crippen molar-refractivity contribution in [2.45, 2.75) is 19.6 Å². The SMILES string of the molecule is C=CCc1cc(/C=C2\SC(=O)N(Cc3cccc(Br)c3)C2=O)cc(OC)c1OCc1ccccc1. The van der Waals surface area contributed by atoms with Gasteiger partial charge in [-0.05, 0) is 65.2 Å². The van der Waals surface area contributed by atoms with E-state index in [0.717, 1.165) is 38.5 Å². The van der Waals surface area contributed by atoms with Gasteiger partial charge in [-0.3, -0.25) is 14.5 Å². The van der Waals surface area contributed by atoms with E-state index in [4.69, 9.17) is 9.47 Å². The van der Waals surface area contributed by atoms with Gasteiger partial charge in [-0.15, -0.1) is 6.58 Å². The first-order valence-electron chi connectivity index (χ1n) is 11.0. The van der Waals surface area contributed by atoms with Crippen LogP contribution < -0.4 is 9.47 Å². The van der Waals surface area contributed by atoms with Gasteiger partial charge in [0, 0.05) is 10.0 Å². The standard InChI is InChI=1S/C28H24BrNO4S/c1-3-8-22-13-21(15-24(33-2)26(22)34-18-19-9-5-4-6-10-19)16-25-27(31)30(28(32)35-25)17-20-11-7-12-23(29)14-20/h3-7,9-16H,1,8,17-18H2,2H3/b25-16-. The third-order valence-corrected chi connectivity index (χ3v) is 6.77. The molecule has 1 saturated heterocycles. The lowest BCUT2D eigenvalue weighted by atomic mass is 10.0. The zero-order valence-electron chi connectivity index (χ0n) is 19.2. The van der Waals surface area contributed by atoms with Gasteiger partial charge in [0.1, 0.15) is 6.61 Å². The molecule has 178 valence electrons. The molecule has 0 saturated carbocycles. The highest BCUT2D eigenvalue weighted by Gasteiger charge is 2.35. The molecule has 1 fully saturated rings. The van der Waals surface area contributed by atoms with Crippen LogP contribution in [0.4, 0.5) is 4.79 Å². The van der Waals surface area contributed by atoms with Crippen molar-refractivity contribution >= 4 is 44.9 Å². The van der Waals surface area contributed by atoms with Gasteiger partial charge in [-0.1, -0.05) is 64.5 Å². The number of methoxy groups -OCH3 is 1. The monoisotopic (exact) mass is 549 g/mol. The highest BCUT2D eigenvalue weighted by atomic mass is 79.9. The van der Waals surface area contributed by atoms with E-state index in [1.807, 2.05) is 66.7 Å². The number of allylic oxidation sites excluding steroid dienone is 1. The van der Waals surface area contributed by atoms with Gasteiger partial charge in [0.2, 0.25) is 0 Å². The van der Waals surface area contributed by atoms with Crippen LogP contribution in [0.2, 0.25) is 0 Å². The predicted octanol–water partition coefficient (Wildman–Crippen LogP) is 7.00. The molecule has 1 heterocycles. The molecule has 0 aromatic heterocycles. The van der Waals surface area contributed by atoms with E-state index >= 15 is 0 Å². The summed E-state index contributed by atoms with van der Waals surface area (Å²) in [5.41, 5.74) is 3.55. The van der Waals surface area contributed by atoms with Crippen LogP contribution in [0.25, 0.3) is 6.08 Å². The van der Waals surface area contributed by atoms with Crippen LogP contribution in [0.3, 0.4) is 0 Å². The Morgan fingerprint density at radius 3 is 2.51 bits per heavy atom. The first-order chi connectivity index (χ1) is 17.0. The molecule has 0 spiro atoms. The Bertz CT molecular complexity index is 1290. The zero-order valence-corrected chi connectivity index (χ0v) is 21.6. The minimum absolute atomic E-state index is 0.221. The topological polar surface area (TPSA) is 55.8 Å². The van der Waals surface area contributed by atoms with Crippen LogP contribution in [-0.4, -0.2) is 23.2 Å². The van der Waals surface area contributed by atoms with Crippen molar-refractivity contribution in [3.63, 3.8) is 0 Å². The highest BCUT2D eigenvalue weighted by molar-refractivity contribution is 9.10. The molecule has 2 amide bonds. The zero-order chi connectivity index (χ0) is 24.8. The fourth-order valence-electron chi connectivity index (χ4n) is 3.72. The molecule has 0 radical (unpaired) electrons. The second kappa shape index (κ2) is 11.4. The molecule has 0 atom stereocenters. The van der Waals surface area contributed by atoms with Crippen LogP contribution in [-0.2, 0) is 24.4 Å². The Labute approximate surface area is 217 Å². The molecule has 0 unspecified atom stereocenters. The number of nitrogens with zero attached hydrogens (tertiary/aromatic N) is 1. The maximum Gasteiger partial charge on any atom is 0.293 e. The summed E-state index contributed by atoms with van der Waals surface area (Å²) in [7, 11) is 1.58. The lowest BCUT2D eigenvalue weighted by molar-refractivity contribution is -0.123. The number of thioether (sulfide) groups is 1. The number of imide groups is 1. The molecule has 3 aromatic carbocycles. The lowest BCUT2D eigenvalue weighted by Crippen LogP contribution is -2.27. The van der Waals surface area contributed by atoms with Crippen molar-refractivity contribution in [2.75, 3.05) is 7.11 Å². The summed E-state index contributed by atoms with van der Waals surface area (Å²) in [6, 6.07) is 21.2. The number of hydrogen-bond donors (Lipinski definition) is 0. The fraction of sp³-hybridized carbons (Fsp3) is 0.143. The van der Waals surface area contributed by atoms with Gasteiger partial charge in [0.05, 0.1) is 18.6 Å². The Morgan fingerprint density at radius 2 is 1.80 bits per heavy atom. The van der Waals surface area contributed by atoms with Crippen LogP contribution in [0.15, 0.2) is 88.8 Å². The molecule has 35 heavy (non-hydrogen) atoms. The molecule has 0 aliphatic carbocycles. The first-order valence-corrected chi connectivity index (χ1v) is 12.6. The molecule has 1 aliphatic rings. The Kier molecular flexibility index (Phi) is 8.10. The maximum atomic E-state index is 13.0. The van der Waals surface area contributed by atoms with E-state index in [1.165, 1.54) is 4.90 Å². The quantitative estimate of drug-likeness (QED) is 0.212. The molecular formula is C28H24BrNO4S. The fourth-order valence-corrected chi connectivity index (χ4v) is 5.01. The molecule has 0 N–H and O–H groups in total. The summed E-state index contributed by atoms with van der Waals surface area (Å²) in [6.45, 7) is 4.48. The number of carbonyl (C=O) groups excluding carboxylic acids is 2. The third-order valence-electron chi connectivity index (χ3n) is 5.37. The van der Waals surface area contributed by atoms with E-state index in [0.29, 0.717) is 29.4 Å². The van der Waals surface area contributed by atoms with Gasteiger partial charge in [0.15, 0.2) is 11.5 Å². The van der Waals surface area contributed by atoms with Crippen molar-refractivity contribution in [3.8, 4) is 11.5 Å². The summed E-state index contributed by atoms with van der Waals surface area (Å²) >= 11 is 4.37. The number of rotatable bonds is 9. The average Bonchev–Trinajstić information content (AvgIpc) is 3.11. The molecule has 0 bridgehead atoms. The summed E-state index contributed by atoms with van der Waals surface area (Å²) < 4.78 is 12.6. The molecule has 4 rings (SSSR count). The summed E-state index contributed by atoms with van der Waals surface area (Å²) in [5, 5.41) is -0.290. The largest absolute Gasteiger partial charge is 0.493 e. The summed E-state index contributed by atoms with van der Waals surface area (Å²) in [4.78, 5) is 27.3. The van der Waals surface area contributed by atoms with Gasteiger partial charge >= 0.3 is 0 Å². The molecule has 1 aliphatic heterocycles. The van der Waals surface area contributed by atoms with Crippen LogP contribution >= 0.6 is 27.7 Å². The highest BCUT2D eigenvalue weighted by Crippen LogP contribution is 2.38. The minimum atomic E-state index is -0.311. The van der Waals surface area contributed by atoms with Crippen molar-refractivity contribution in [1.82, 2.24) is 4.90 Å². The van der Waals surface area contributed by atoms with Crippen LogP contribution in [0.5, 0.6) is 11.5 Å². The molecular weight excluding hydrogens is 526 g/mol. The summed E-state index contributed by atoms with van der Waals surface area (Å²) in [6.07, 6.45) is 4.08. The van der Waals surface area contributed by atoms with Crippen molar-refractivity contribution in [2.24, 2.45) is 0 Å². The number of amides is 2. The molecule has 3 aromatic rings. The van der Waals surface area contributed by atoms with E-state index in [1.54, 1.807) is 19.3 Å². The van der Waals surface area contributed by atoms with E-state index < -0.39 is 0 Å². The number of hydrogen-bond acceptors (Lipinski definition) is 5. The van der Waals surface area contributed by atoms with Crippen LogP contribution in [0.1, 0.15) is 22.3 Å². The Morgan fingerprint density at radius 1 is 1.03 bits per heavy atom. The third kappa shape index (κ3) is 6.05. The van der Waals surface area contributed by atoms with Crippen LogP contribution in [0, 0.1) is 0 Å². The maximum absolute atomic E-state index is 13.0. The second-order valence-corrected chi connectivity index (χ2v) is 9.79. The Balaban J connectivity index is 1.59. The second-order valence-electron chi connectivity index (χ2n) is 7.88. The van der Waals surface area contributed by atoms with Crippen molar-refractivity contribution in [3.05, 3.63) is 111 Å². The minimum Gasteiger partial charge on any atom is -0.493 e. The van der Waals surface area contributed by atoms with E-state index in [9.17, 15) is 9.59 Å².